The van der Waals surface area contributed by atoms with Gasteiger partial charge in [0, 0.05) is 6.42 Å². The van der Waals surface area contributed by atoms with Crippen molar-refractivity contribution in [1.82, 2.24) is 0 Å². The van der Waals surface area contributed by atoms with Crippen LogP contribution in [0.1, 0.15) is 84.0 Å². The molecular weight excluding hydrogens is 224 g/mol. The number of aliphatic hydroxyl groups is 1. The molecule has 0 bridgehead atoms. The SMILES string of the molecule is CCCCCCCCC(=O)C(O)C1CCCCC1. The number of rotatable bonds is 9. The highest BCUT2D eigenvalue weighted by atomic mass is 16.3. The second-order valence-electron chi connectivity index (χ2n) is 5.83. The van der Waals surface area contributed by atoms with Crippen molar-refractivity contribution in [2.75, 3.05) is 0 Å². The standard InChI is InChI=1S/C16H30O2/c1-2-3-4-5-6-10-13-15(17)16(18)14-11-8-7-9-12-14/h14,16,18H,2-13H2,1H3. The molecule has 1 N–H and O–H groups in total. The summed E-state index contributed by atoms with van der Waals surface area (Å²) in [5.41, 5.74) is 0. The topological polar surface area (TPSA) is 37.3 Å². The first-order chi connectivity index (χ1) is 8.75. The Morgan fingerprint density at radius 2 is 1.67 bits per heavy atom. The van der Waals surface area contributed by atoms with Gasteiger partial charge in [0.15, 0.2) is 5.78 Å². The van der Waals surface area contributed by atoms with Gasteiger partial charge >= 0.3 is 0 Å². The summed E-state index contributed by atoms with van der Waals surface area (Å²) < 4.78 is 0. The normalized spacial score (nSPS) is 18.8. The molecule has 1 saturated carbocycles. The molecule has 1 aliphatic rings. The average Bonchev–Trinajstić information content (AvgIpc) is 2.42. The molecule has 2 nitrogen and oxygen atoms in total. The van der Waals surface area contributed by atoms with E-state index in [1.807, 2.05) is 0 Å². The first-order valence-electron chi connectivity index (χ1n) is 7.96. The second kappa shape index (κ2) is 9.55. The monoisotopic (exact) mass is 254 g/mol. The lowest BCUT2D eigenvalue weighted by Crippen LogP contribution is -2.30. The second-order valence-corrected chi connectivity index (χ2v) is 5.83. The third-order valence-corrected chi connectivity index (χ3v) is 4.20. The Labute approximate surface area is 112 Å². The lowest BCUT2D eigenvalue weighted by molar-refractivity contribution is -0.130. The minimum Gasteiger partial charge on any atom is -0.385 e. The van der Waals surface area contributed by atoms with Gasteiger partial charge in [0.1, 0.15) is 6.10 Å². The zero-order valence-electron chi connectivity index (χ0n) is 12.0. The number of hydrogen-bond acceptors (Lipinski definition) is 2. The maximum Gasteiger partial charge on any atom is 0.161 e. The quantitative estimate of drug-likeness (QED) is 0.625. The largest absolute Gasteiger partial charge is 0.385 e. The van der Waals surface area contributed by atoms with Crippen LogP contribution in [0.3, 0.4) is 0 Å². The van der Waals surface area contributed by atoms with E-state index in [2.05, 4.69) is 6.92 Å². The molecule has 2 heteroatoms. The van der Waals surface area contributed by atoms with E-state index < -0.39 is 6.10 Å². The van der Waals surface area contributed by atoms with E-state index >= 15 is 0 Å². The molecule has 1 atom stereocenters. The Morgan fingerprint density at radius 3 is 2.33 bits per heavy atom. The van der Waals surface area contributed by atoms with E-state index in [-0.39, 0.29) is 11.7 Å². The molecule has 0 aromatic heterocycles. The van der Waals surface area contributed by atoms with Crippen LogP contribution in [0.4, 0.5) is 0 Å². The molecule has 1 fully saturated rings. The molecule has 0 heterocycles. The lowest BCUT2D eigenvalue weighted by atomic mass is 9.83. The third-order valence-electron chi connectivity index (χ3n) is 4.20. The molecule has 0 aromatic rings. The number of carbonyl (C=O) groups excluding carboxylic acids is 1. The van der Waals surface area contributed by atoms with Gasteiger partial charge in [-0.3, -0.25) is 4.79 Å². The molecule has 0 spiro atoms. The highest BCUT2D eigenvalue weighted by Crippen LogP contribution is 2.27. The van der Waals surface area contributed by atoms with Gasteiger partial charge in [-0.05, 0) is 25.2 Å². The molecule has 0 aliphatic heterocycles. The van der Waals surface area contributed by atoms with Crippen LogP contribution < -0.4 is 0 Å². The van der Waals surface area contributed by atoms with Gasteiger partial charge in [0.25, 0.3) is 0 Å². The fraction of sp³-hybridized carbons (Fsp3) is 0.938. The fourth-order valence-corrected chi connectivity index (χ4v) is 2.94. The van der Waals surface area contributed by atoms with Crippen molar-refractivity contribution in [1.29, 1.82) is 0 Å². The van der Waals surface area contributed by atoms with Crippen molar-refractivity contribution in [3.63, 3.8) is 0 Å². The van der Waals surface area contributed by atoms with Crippen molar-refractivity contribution in [3.05, 3.63) is 0 Å². The van der Waals surface area contributed by atoms with Crippen molar-refractivity contribution in [3.8, 4) is 0 Å². The Morgan fingerprint density at radius 1 is 1.06 bits per heavy atom. The summed E-state index contributed by atoms with van der Waals surface area (Å²) in [5.74, 6) is 0.351. The van der Waals surface area contributed by atoms with Crippen molar-refractivity contribution in [2.45, 2.75) is 90.1 Å². The minimum atomic E-state index is -0.666. The van der Waals surface area contributed by atoms with Gasteiger partial charge < -0.3 is 5.11 Å². The summed E-state index contributed by atoms with van der Waals surface area (Å²) in [4.78, 5) is 11.9. The molecule has 0 saturated heterocycles. The van der Waals surface area contributed by atoms with E-state index in [4.69, 9.17) is 0 Å². The van der Waals surface area contributed by atoms with Crippen LogP contribution in [-0.2, 0) is 4.79 Å². The van der Waals surface area contributed by atoms with Crippen LogP contribution in [0.5, 0.6) is 0 Å². The smallest absolute Gasteiger partial charge is 0.161 e. The van der Waals surface area contributed by atoms with Crippen LogP contribution in [0.25, 0.3) is 0 Å². The maximum absolute atomic E-state index is 11.9. The molecule has 0 amide bonds. The number of unbranched alkanes of at least 4 members (excludes halogenated alkanes) is 5. The molecule has 1 aliphatic carbocycles. The van der Waals surface area contributed by atoms with Crippen LogP contribution in [-0.4, -0.2) is 17.0 Å². The van der Waals surface area contributed by atoms with E-state index in [0.29, 0.717) is 6.42 Å². The Hall–Kier alpha value is -0.370. The van der Waals surface area contributed by atoms with E-state index in [1.54, 1.807) is 0 Å². The summed E-state index contributed by atoms with van der Waals surface area (Å²) in [6.45, 7) is 2.21. The molecule has 18 heavy (non-hydrogen) atoms. The minimum absolute atomic E-state index is 0.0948. The molecule has 0 aromatic carbocycles. The van der Waals surface area contributed by atoms with Crippen LogP contribution in [0.15, 0.2) is 0 Å². The van der Waals surface area contributed by atoms with Gasteiger partial charge in [-0.1, -0.05) is 58.3 Å². The predicted molar refractivity (Wildman–Crippen MR) is 75.6 cm³/mol. The van der Waals surface area contributed by atoms with Crippen molar-refractivity contribution in [2.24, 2.45) is 5.92 Å². The maximum atomic E-state index is 11.9. The Balaban J connectivity index is 2.07. The molecular formula is C16H30O2. The average molecular weight is 254 g/mol. The summed E-state index contributed by atoms with van der Waals surface area (Å²) in [7, 11) is 0. The number of aliphatic hydroxyl groups excluding tert-OH is 1. The number of carbonyl (C=O) groups is 1. The van der Waals surface area contributed by atoms with Crippen molar-refractivity contribution < 1.29 is 9.90 Å². The molecule has 1 rings (SSSR count). The van der Waals surface area contributed by atoms with Gasteiger partial charge in [0.2, 0.25) is 0 Å². The molecule has 0 radical (unpaired) electrons. The fourth-order valence-electron chi connectivity index (χ4n) is 2.94. The van der Waals surface area contributed by atoms with Gasteiger partial charge in [-0.25, -0.2) is 0 Å². The van der Waals surface area contributed by atoms with E-state index in [0.717, 1.165) is 25.7 Å². The van der Waals surface area contributed by atoms with Crippen LogP contribution in [0.2, 0.25) is 0 Å². The first-order valence-corrected chi connectivity index (χ1v) is 7.96. The van der Waals surface area contributed by atoms with Gasteiger partial charge in [-0.2, -0.15) is 0 Å². The zero-order valence-corrected chi connectivity index (χ0v) is 12.0. The van der Waals surface area contributed by atoms with Crippen molar-refractivity contribution >= 4 is 5.78 Å². The van der Waals surface area contributed by atoms with Gasteiger partial charge in [-0.15, -0.1) is 0 Å². The summed E-state index contributed by atoms with van der Waals surface area (Å²) in [5, 5.41) is 10.0. The van der Waals surface area contributed by atoms with Crippen LogP contribution in [0, 0.1) is 5.92 Å². The summed E-state index contributed by atoms with van der Waals surface area (Å²) in [6, 6.07) is 0. The summed E-state index contributed by atoms with van der Waals surface area (Å²) >= 11 is 0. The lowest BCUT2D eigenvalue weighted by Gasteiger charge is -2.25. The van der Waals surface area contributed by atoms with E-state index in [1.165, 1.54) is 44.9 Å². The molecule has 1 unspecified atom stereocenters. The molecule has 106 valence electrons. The van der Waals surface area contributed by atoms with E-state index in [9.17, 15) is 9.90 Å². The van der Waals surface area contributed by atoms with Crippen LogP contribution >= 0.6 is 0 Å². The number of hydrogen-bond donors (Lipinski definition) is 1. The number of Topliss-reactive ketones (excluding diaryl/α,β-unsaturated/α-hetero) is 1. The summed E-state index contributed by atoms with van der Waals surface area (Å²) in [6.07, 6.45) is 12.9. The zero-order chi connectivity index (χ0) is 13.2. The predicted octanol–water partition coefficient (Wildman–Crippen LogP) is 4.25. The van der Waals surface area contributed by atoms with Gasteiger partial charge in [0.05, 0.1) is 0 Å². The first kappa shape index (κ1) is 15.7. The highest BCUT2D eigenvalue weighted by Gasteiger charge is 2.26. The third kappa shape index (κ3) is 5.99. The number of ketones is 1. The highest BCUT2D eigenvalue weighted by molar-refractivity contribution is 5.83. The Bertz CT molecular complexity index is 219. The Kier molecular flexibility index (Phi) is 8.32.